The van der Waals surface area contributed by atoms with Gasteiger partial charge in [-0.05, 0) is 59.5 Å². The minimum absolute atomic E-state index is 0.0502. The molecular weight excluding hydrogens is 478 g/mol. The number of carbonyl (C=O) groups excluding carboxylic acids is 1. The van der Waals surface area contributed by atoms with Crippen molar-refractivity contribution in [1.29, 1.82) is 0 Å². The number of nitrogens with zero attached hydrogens (tertiary/aromatic N) is 1. The fourth-order valence-electron chi connectivity index (χ4n) is 2.51. The quantitative estimate of drug-likeness (QED) is 0.434. The molecule has 3 rings (SSSR count). The largest absolute Gasteiger partial charge is 0.422 e. The molecule has 4 nitrogen and oxygen atoms in total. The van der Waals surface area contributed by atoms with Crippen molar-refractivity contribution in [2.45, 2.75) is 17.2 Å². The summed E-state index contributed by atoms with van der Waals surface area (Å²) in [7, 11) is -2.40. The first kappa shape index (κ1) is 23.8. The first-order valence-electron chi connectivity index (χ1n) is 8.64. The first-order chi connectivity index (χ1) is 15.0. The Hall–Kier alpha value is -2.86. The van der Waals surface area contributed by atoms with Crippen LogP contribution in [0.4, 0.5) is 32.2 Å². The van der Waals surface area contributed by atoms with Crippen LogP contribution in [0.1, 0.15) is 5.56 Å². The number of hydrogen-bond donors (Lipinski definition) is 1. The summed E-state index contributed by atoms with van der Waals surface area (Å²) >= 11 is 0.373. The minimum atomic E-state index is -4.71. The molecule has 2 aromatic rings. The minimum Gasteiger partial charge on any atom is -0.306 e. The monoisotopic (exact) mass is 490 g/mol. The van der Waals surface area contributed by atoms with E-state index in [-0.39, 0.29) is 16.3 Å². The number of thioether (sulfide) groups is 1. The molecule has 12 heteroatoms. The van der Waals surface area contributed by atoms with Crippen molar-refractivity contribution in [2.24, 2.45) is 0 Å². The van der Waals surface area contributed by atoms with Crippen LogP contribution in [0.25, 0.3) is 0 Å². The molecule has 2 heterocycles. The molecule has 0 fully saturated rings. The lowest BCUT2D eigenvalue weighted by atomic mass is 10.2. The fourth-order valence-corrected chi connectivity index (χ4v) is 4.38. The van der Waals surface area contributed by atoms with E-state index in [0.29, 0.717) is 30.0 Å². The molecule has 1 aromatic heterocycles. The summed E-state index contributed by atoms with van der Waals surface area (Å²) in [6.45, 7) is 0. The lowest BCUT2D eigenvalue weighted by Gasteiger charge is -2.16. The zero-order chi connectivity index (χ0) is 23.5. The van der Waals surface area contributed by atoms with Crippen molar-refractivity contribution in [3.8, 4) is 0 Å². The Kier molecular flexibility index (Phi) is 6.94. The van der Waals surface area contributed by atoms with E-state index < -0.39 is 44.4 Å². The van der Waals surface area contributed by atoms with Crippen LogP contribution in [0.5, 0.6) is 0 Å². The maximum absolute atomic E-state index is 13.2. The average Bonchev–Trinajstić information content (AvgIpc) is 2.73. The summed E-state index contributed by atoms with van der Waals surface area (Å²) in [5.74, 6) is -0.958. The van der Waals surface area contributed by atoms with Gasteiger partial charge in [0.15, 0.2) is 0 Å². The second-order valence-corrected chi connectivity index (χ2v) is 8.54. The summed E-state index contributed by atoms with van der Waals surface area (Å²) in [5.41, 5.74) is -1.29. The highest BCUT2D eigenvalue weighted by Crippen LogP contribution is 2.40. The van der Waals surface area contributed by atoms with Gasteiger partial charge in [-0.3, -0.25) is 4.79 Å². The molecule has 1 aliphatic rings. The Morgan fingerprint density at radius 1 is 0.969 bits per heavy atom. The van der Waals surface area contributed by atoms with Crippen LogP contribution < -0.4 is 5.32 Å². The molecule has 1 aromatic carbocycles. The number of hydrogen-bond acceptors (Lipinski definition) is 4. The number of nitrogens with one attached hydrogen (secondary N) is 1. The van der Waals surface area contributed by atoms with Crippen LogP contribution in [-0.2, 0) is 21.8 Å². The second kappa shape index (κ2) is 9.33. The van der Waals surface area contributed by atoms with E-state index in [1.165, 1.54) is 18.3 Å². The van der Waals surface area contributed by atoms with E-state index in [1.54, 1.807) is 12.1 Å². The third-order valence-electron chi connectivity index (χ3n) is 3.96. The van der Waals surface area contributed by atoms with E-state index in [0.717, 1.165) is 17.5 Å². The molecule has 32 heavy (non-hydrogen) atoms. The second-order valence-electron chi connectivity index (χ2n) is 6.17. The highest BCUT2D eigenvalue weighted by molar-refractivity contribution is 8.06. The molecule has 0 spiro atoms. The lowest BCUT2D eigenvalue weighted by Crippen LogP contribution is -2.21. The number of halogens is 6. The molecular formula is C20H12F6N2O2S2. The standard InChI is InChI=1S/C20H12F6N2O2S2/c21-19(22,23)13-4-6-14(7-5-13)32(30)17(18(29)28-16-3-1-2-9-27-16)12-8-10-31-15(11-12)20(24,25)26/h1-11H,(H,27,28,29)/b17-12-. The van der Waals surface area contributed by atoms with Crippen LogP contribution in [0, 0.1) is 0 Å². The van der Waals surface area contributed by atoms with Crippen molar-refractivity contribution < 1.29 is 35.3 Å². The van der Waals surface area contributed by atoms with Crippen molar-refractivity contribution in [1.82, 2.24) is 4.98 Å². The number of aromatic nitrogens is 1. The van der Waals surface area contributed by atoms with Gasteiger partial charge in [-0.2, -0.15) is 26.3 Å². The SMILES string of the molecule is O=C(Nc1ccccn1)/C(=C1\C=CSC(C(F)(F)F)=C1)S(=O)c1ccc(C(F)(F)F)cc1. The average molecular weight is 490 g/mol. The topological polar surface area (TPSA) is 59.1 Å². The third-order valence-corrected chi connectivity index (χ3v) is 6.33. The van der Waals surface area contributed by atoms with Crippen molar-refractivity contribution in [3.63, 3.8) is 0 Å². The lowest BCUT2D eigenvalue weighted by molar-refractivity contribution is -0.137. The van der Waals surface area contributed by atoms with Gasteiger partial charge < -0.3 is 5.32 Å². The number of amides is 1. The van der Waals surface area contributed by atoms with Gasteiger partial charge in [0.2, 0.25) is 0 Å². The molecule has 1 aliphatic heterocycles. The maximum Gasteiger partial charge on any atom is 0.422 e. The van der Waals surface area contributed by atoms with Crippen LogP contribution in [0.2, 0.25) is 0 Å². The van der Waals surface area contributed by atoms with Gasteiger partial charge in [0.25, 0.3) is 5.91 Å². The number of rotatable bonds is 4. The van der Waals surface area contributed by atoms with Gasteiger partial charge in [0.05, 0.1) is 21.3 Å². The van der Waals surface area contributed by atoms with Crippen LogP contribution >= 0.6 is 11.8 Å². The predicted molar refractivity (Wildman–Crippen MR) is 109 cm³/mol. The summed E-state index contributed by atoms with van der Waals surface area (Å²) in [4.78, 5) is 15.0. The smallest absolute Gasteiger partial charge is 0.306 e. The van der Waals surface area contributed by atoms with Gasteiger partial charge in [-0.25, -0.2) is 9.19 Å². The Morgan fingerprint density at radius 2 is 1.66 bits per heavy atom. The highest BCUT2D eigenvalue weighted by Gasteiger charge is 2.36. The van der Waals surface area contributed by atoms with Gasteiger partial charge in [-0.1, -0.05) is 17.8 Å². The fraction of sp³-hybridized carbons (Fsp3) is 0.100. The summed E-state index contributed by atoms with van der Waals surface area (Å²) < 4.78 is 91.1. The number of alkyl halides is 6. The van der Waals surface area contributed by atoms with E-state index in [2.05, 4.69) is 10.3 Å². The predicted octanol–water partition coefficient (Wildman–Crippen LogP) is 5.81. The molecule has 0 radical (unpaired) electrons. The third kappa shape index (κ3) is 5.68. The molecule has 1 unspecified atom stereocenters. The Labute approximate surface area is 184 Å². The van der Waals surface area contributed by atoms with Gasteiger partial charge in [0, 0.05) is 11.1 Å². The first-order valence-corrected chi connectivity index (χ1v) is 10.7. The van der Waals surface area contributed by atoms with Gasteiger partial charge in [-0.15, -0.1) is 0 Å². The Bertz CT molecular complexity index is 1120. The molecule has 1 atom stereocenters. The van der Waals surface area contributed by atoms with E-state index >= 15 is 0 Å². The van der Waals surface area contributed by atoms with Crippen molar-refractivity contribution in [2.75, 3.05) is 5.32 Å². The molecule has 0 saturated heterocycles. The Balaban J connectivity index is 2.07. The Morgan fingerprint density at radius 3 is 2.22 bits per heavy atom. The number of pyridine rings is 1. The van der Waals surface area contributed by atoms with Crippen LogP contribution in [-0.4, -0.2) is 21.3 Å². The van der Waals surface area contributed by atoms with Crippen LogP contribution in [0.3, 0.4) is 0 Å². The van der Waals surface area contributed by atoms with Gasteiger partial charge in [0.1, 0.15) is 10.7 Å². The summed E-state index contributed by atoms with van der Waals surface area (Å²) in [6, 6.07) is 7.68. The van der Waals surface area contributed by atoms with E-state index in [1.807, 2.05) is 0 Å². The summed E-state index contributed by atoms with van der Waals surface area (Å²) in [6.07, 6.45) is -6.15. The van der Waals surface area contributed by atoms with E-state index in [9.17, 15) is 35.3 Å². The molecule has 0 aliphatic carbocycles. The molecule has 0 bridgehead atoms. The summed E-state index contributed by atoms with van der Waals surface area (Å²) in [5, 5.41) is 3.43. The molecule has 1 amide bonds. The highest BCUT2D eigenvalue weighted by atomic mass is 32.2. The number of carbonyl (C=O) groups is 1. The van der Waals surface area contributed by atoms with Crippen LogP contribution in [0.15, 0.2) is 86.5 Å². The molecule has 168 valence electrons. The molecule has 1 N–H and O–H groups in total. The number of anilines is 1. The number of allylic oxidation sites excluding steroid dienone is 4. The van der Waals surface area contributed by atoms with Crippen molar-refractivity contribution >= 4 is 34.3 Å². The van der Waals surface area contributed by atoms with Crippen molar-refractivity contribution in [3.05, 3.63) is 87.2 Å². The zero-order valence-corrected chi connectivity index (χ0v) is 17.3. The normalized spacial score (nSPS) is 16.9. The van der Waals surface area contributed by atoms with Gasteiger partial charge >= 0.3 is 12.4 Å². The van der Waals surface area contributed by atoms with E-state index in [4.69, 9.17) is 0 Å². The molecule has 0 saturated carbocycles. The number of benzene rings is 1. The maximum atomic E-state index is 13.2. The zero-order valence-electron chi connectivity index (χ0n) is 15.7.